The van der Waals surface area contributed by atoms with Crippen LogP contribution >= 0.6 is 0 Å². The summed E-state index contributed by atoms with van der Waals surface area (Å²) >= 11 is 0. The number of hydrogen-bond acceptors (Lipinski definition) is 3. The van der Waals surface area contributed by atoms with E-state index in [1.54, 1.807) is 14.2 Å². The topological polar surface area (TPSA) is 38.7 Å². The molecule has 0 heterocycles. The Morgan fingerprint density at radius 2 is 1.45 bits per heavy atom. The zero-order valence-electron chi connectivity index (χ0n) is 18.2. The average Bonchev–Trinajstić information content (AvgIpc) is 2.79. The minimum Gasteiger partial charge on any atom is -0.497 e. The molecule has 0 saturated heterocycles. The molecule has 3 heteroatoms. The second-order valence-electron chi connectivity index (χ2n) is 8.13. The van der Waals surface area contributed by atoms with Crippen LogP contribution in [-0.2, 0) is 6.42 Å². The molecule has 0 aromatic heterocycles. The van der Waals surface area contributed by atoms with Crippen molar-refractivity contribution in [3.63, 3.8) is 0 Å². The molecule has 0 spiro atoms. The third-order valence-electron chi connectivity index (χ3n) is 5.90. The van der Waals surface area contributed by atoms with Crippen molar-refractivity contribution in [1.82, 2.24) is 0 Å². The molecule has 31 heavy (non-hydrogen) atoms. The van der Waals surface area contributed by atoms with Crippen molar-refractivity contribution in [1.29, 1.82) is 0 Å². The van der Waals surface area contributed by atoms with E-state index in [1.807, 2.05) is 67.6 Å². The summed E-state index contributed by atoms with van der Waals surface area (Å²) in [7, 11) is 3.33. The molecule has 0 aliphatic rings. The second-order valence-corrected chi connectivity index (χ2v) is 8.13. The van der Waals surface area contributed by atoms with E-state index in [9.17, 15) is 5.11 Å². The van der Waals surface area contributed by atoms with Crippen LogP contribution in [0.5, 0.6) is 11.5 Å². The maximum atomic E-state index is 12.0. The number of ether oxygens (including phenoxy) is 2. The summed E-state index contributed by atoms with van der Waals surface area (Å²) in [6, 6.07) is 30.4. The summed E-state index contributed by atoms with van der Waals surface area (Å²) in [6.07, 6.45) is 0.468. The molecule has 0 saturated carbocycles. The van der Waals surface area contributed by atoms with Gasteiger partial charge in [0.1, 0.15) is 11.5 Å². The molecule has 3 nitrogen and oxygen atoms in total. The third-order valence-corrected chi connectivity index (χ3v) is 5.90. The van der Waals surface area contributed by atoms with E-state index in [0.29, 0.717) is 6.42 Å². The number of aliphatic hydroxyl groups is 1. The number of fused-ring (bicyclic) bond motifs is 1. The molecule has 0 radical (unpaired) electrons. The Morgan fingerprint density at radius 3 is 2.26 bits per heavy atom. The van der Waals surface area contributed by atoms with E-state index >= 15 is 0 Å². The number of methoxy groups -OCH3 is 2. The van der Waals surface area contributed by atoms with Crippen LogP contribution in [0, 0.1) is 0 Å². The van der Waals surface area contributed by atoms with Crippen LogP contribution in [0.25, 0.3) is 10.8 Å². The van der Waals surface area contributed by atoms with Crippen LogP contribution < -0.4 is 9.47 Å². The van der Waals surface area contributed by atoms with Gasteiger partial charge in [-0.15, -0.1) is 0 Å². The fourth-order valence-electron chi connectivity index (χ4n) is 4.54. The Hall–Kier alpha value is -3.30. The second kappa shape index (κ2) is 8.83. The van der Waals surface area contributed by atoms with E-state index in [-0.39, 0.29) is 5.92 Å². The molecule has 0 amide bonds. The molecule has 4 aromatic rings. The van der Waals surface area contributed by atoms with Crippen LogP contribution in [0.1, 0.15) is 29.5 Å². The Morgan fingerprint density at radius 1 is 0.774 bits per heavy atom. The monoisotopic (exact) mass is 412 g/mol. The van der Waals surface area contributed by atoms with Gasteiger partial charge < -0.3 is 14.6 Å². The third kappa shape index (κ3) is 4.28. The maximum Gasteiger partial charge on any atom is 0.122 e. The van der Waals surface area contributed by atoms with Gasteiger partial charge in [-0.25, -0.2) is 0 Å². The highest BCUT2D eigenvalue weighted by Gasteiger charge is 2.37. The summed E-state index contributed by atoms with van der Waals surface area (Å²) in [5.74, 6) is 1.26. The molecule has 0 aliphatic carbocycles. The summed E-state index contributed by atoms with van der Waals surface area (Å²) in [4.78, 5) is 0. The van der Waals surface area contributed by atoms with Crippen LogP contribution in [0.3, 0.4) is 0 Å². The minimum atomic E-state index is -1.08. The lowest BCUT2D eigenvalue weighted by Crippen LogP contribution is -2.36. The summed E-state index contributed by atoms with van der Waals surface area (Å²) in [5.41, 5.74) is 1.99. The van der Waals surface area contributed by atoms with Crippen molar-refractivity contribution >= 4 is 10.8 Å². The van der Waals surface area contributed by atoms with Gasteiger partial charge in [0.15, 0.2) is 0 Å². The van der Waals surface area contributed by atoms with E-state index in [4.69, 9.17) is 9.47 Å². The molecular formula is C28H28O3. The summed E-state index contributed by atoms with van der Waals surface area (Å²) < 4.78 is 11.1. The molecule has 158 valence electrons. The average molecular weight is 413 g/mol. The molecule has 4 rings (SSSR count). The first-order chi connectivity index (χ1) is 15.0. The number of benzene rings is 4. The first-order valence-electron chi connectivity index (χ1n) is 10.5. The van der Waals surface area contributed by atoms with E-state index < -0.39 is 5.60 Å². The Bertz CT molecular complexity index is 1170. The fraction of sp³-hybridized carbons (Fsp3) is 0.214. The smallest absolute Gasteiger partial charge is 0.122 e. The number of rotatable bonds is 7. The van der Waals surface area contributed by atoms with Crippen molar-refractivity contribution in [2.75, 3.05) is 14.2 Å². The van der Waals surface area contributed by atoms with Gasteiger partial charge in [-0.05, 0) is 47.0 Å². The molecule has 1 N–H and O–H groups in total. The number of hydrogen-bond donors (Lipinski definition) is 1. The molecule has 2 atom stereocenters. The molecule has 0 bridgehead atoms. The van der Waals surface area contributed by atoms with Gasteiger partial charge in [-0.2, -0.15) is 0 Å². The summed E-state index contributed by atoms with van der Waals surface area (Å²) in [5, 5.41) is 14.3. The predicted molar refractivity (Wildman–Crippen MR) is 126 cm³/mol. The standard InChI is InChI=1S/C28H28O3/c1-28(29,19-20-10-8-13-22(18-20)30-2)27(25-15-6-7-17-26(25)31-3)24-16-9-12-21-11-4-5-14-23(21)24/h4-18,27,29H,19H2,1-3H3. The van der Waals surface area contributed by atoms with Crippen molar-refractivity contribution in [2.24, 2.45) is 0 Å². The normalized spacial score (nSPS) is 14.1. The van der Waals surface area contributed by atoms with Gasteiger partial charge in [0.2, 0.25) is 0 Å². The maximum absolute atomic E-state index is 12.0. The van der Waals surface area contributed by atoms with Gasteiger partial charge >= 0.3 is 0 Å². The quantitative estimate of drug-likeness (QED) is 0.406. The first-order valence-corrected chi connectivity index (χ1v) is 10.5. The van der Waals surface area contributed by atoms with Crippen LogP contribution in [0.2, 0.25) is 0 Å². The Labute approximate surface area is 183 Å². The van der Waals surface area contributed by atoms with Gasteiger partial charge in [0, 0.05) is 17.9 Å². The highest BCUT2D eigenvalue weighted by Crippen LogP contribution is 2.43. The Kier molecular flexibility index (Phi) is 5.97. The number of para-hydroxylation sites is 1. The zero-order valence-corrected chi connectivity index (χ0v) is 18.2. The van der Waals surface area contributed by atoms with Crippen molar-refractivity contribution in [3.05, 3.63) is 108 Å². The zero-order chi connectivity index (χ0) is 21.8. The molecule has 4 aromatic carbocycles. The highest BCUT2D eigenvalue weighted by atomic mass is 16.5. The molecule has 0 aliphatic heterocycles. The van der Waals surface area contributed by atoms with E-state index in [1.165, 1.54) is 0 Å². The van der Waals surface area contributed by atoms with Gasteiger partial charge in [-0.3, -0.25) is 0 Å². The van der Waals surface area contributed by atoms with Crippen LogP contribution in [-0.4, -0.2) is 24.9 Å². The summed E-state index contributed by atoms with van der Waals surface area (Å²) in [6.45, 7) is 1.91. The van der Waals surface area contributed by atoms with Crippen molar-refractivity contribution in [2.45, 2.75) is 24.9 Å². The fourth-order valence-corrected chi connectivity index (χ4v) is 4.54. The van der Waals surface area contributed by atoms with E-state index in [0.717, 1.165) is 39.0 Å². The SMILES string of the molecule is COc1cccc(CC(C)(O)C(c2ccccc2OC)c2cccc3ccccc23)c1. The lowest BCUT2D eigenvalue weighted by Gasteiger charge is -2.35. The lowest BCUT2D eigenvalue weighted by molar-refractivity contribution is 0.0428. The van der Waals surface area contributed by atoms with Crippen LogP contribution in [0.15, 0.2) is 91.0 Å². The van der Waals surface area contributed by atoms with Gasteiger partial charge in [0.25, 0.3) is 0 Å². The first kappa shape index (κ1) is 21.0. The largest absolute Gasteiger partial charge is 0.497 e. The lowest BCUT2D eigenvalue weighted by atomic mass is 9.74. The van der Waals surface area contributed by atoms with Crippen LogP contribution in [0.4, 0.5) is 0 Å². The predicted octanol–water partition coefficient (Wildman–Crippen LogP) is 5.98. The minimum absolute atomic E-state index is 0.291. The molecular weight excluding hydrogens is 384 g/mol. The Balaban J connectivity index is 1.89. The van der Waals surface area contributed by atoms with Gasteiger partial charge in [-0.1, -0.05) is 72.8 Å². The van der Waals surface area contributed by atoms with Gasteiger partial charge in [0.05, 0.1) is 19.8 Å². The molecule has 2 unspecified atom stereocenters. The van der Waals surface area contributed by atoms with E-state index in [2.05, 4.69) is 30.3 Å². The van der Waals surface area contributed by atoms with Crippen molar-refractivity contribution < 1.29 is 14.6 Å². The molecule has 0 fully saturated rings. The highest BCUT2D eigenvalue weighted by molar-refractivity contribution is 5.87. The van der Waals surface area contributed by atoms with Crippen molar-refractivity contribution in [3.8, 4) is 11.5 Å².